The van der Waals surface area contributed by atoms with Gasteiger partial charge in [-0.05, 0) is 200 Å². The van der Waals surface area contributed by atoms with Crippen LogP contribution in [-0.2, 0) is 29.1 Å². The summed E-state index contributed by atoms with van der Waals surface area (Å²) in [6, 6.07) is 24.7. The van der Waals surface area contributed by atoms with Crippen molar-refractivity contribution in [3.05, 3.63) is 93.4 Å². The first kappa shape index (κ1) is 74.2. The minimum Gasteiger partial charge on any atom is -0.506 e. The van der Waals surface area contributed by atoms with Crippen LogP contribution in [0.3, 0.4) is 0 Å². The Labute approximate surface area is 606 Å². The molecule has 5 unspecified atom stereocenters. The quantitative estimate of drug-likeness (QED) is 0.134. The number of para-hydroxylation sites is 2. The van der Waals surface area contributed by atoms with E-state index in [2.05, 4.69) is 39.2 Å². The highest BCUT2D eigenvalue weighted by Gasteiger charge is 2.47. The monoisotopic (exact) mass is 1460 g/mol. The van der Waals surface area contributed by atoms with Crippen LogP contribution in [0, 0.1) is 36.5 Å². The number of piperazine rings is 4. The fourth-order valence-corrected chi connectivity index (χ4v) is 21.7. The van der Waals surface area contributed by atoms with E-state index in [1.807, 2.05) is 54.3 Å². The van der Waals surface area contributed by atoms with Crippen LogP contribution in [0.4, 0.5) is 27.5 Å². The summed E-state index contributed by atoms with van der Waals surface area (Å²) in [5, 5.41) is 11.8. The third-order valence-electron chi connectivity index (χ3n) is 24.2. The number of sulfone groups is 2. The molecule has 1 amide bonds. The number of phenols is 1. The van der Waals surface area contributed by atoms with Crippen LogP contribution >= 0.6 is 34.8 Å². The Balaban J connectivity index is 0.000000126. The summed E-state index contributed by atoms with van der Waals surface area (Å²) >= 11 is 18.7. The van der Waals surface area contributed by atoms with Crippen LogP contribution in [0.15, 0.2) is 82.6 Å². The molecule has 23 heteroatoms. The lowest BCUT2D eigenvalue weighted by Crippen LogP contribution is -2.56. The number of methoxy groups -OCH3 is 1. The number of carbonyl (C=O) groups excluding carboxylic acids is 1. The van der Waals surface area contributed by atoms with Gasteiger partial charge >= 0.3 is 6.09 Å². The molecule has 7 saturated heterocycles. The number of halogens is 3. The molecule has 4 aliphatic carbocycles. The number of anilines is 4. The highest BCUT2D eigenvalue weighted by Crippen LogP contribution is 2.51. The lowest BCUT2D eigenvalue weighted by atomic mass is 9.68. The number of benzene rings is 4. The molecule has 7 heterocycles. The molecule has 546 valence electrons. The average Bonchev–Trinajstić information content (AvgIpc) is 1.43. The van der Waals surface area contributed by atoms with Crippen molar-refractivity contribution in [1.82, 2.24) is 24.5 Å². The van der Waals surface area contributed by atoms with Gasteiger partial charge in [-0.3, -0.25) is 19.6 Å². The summed E-state index contributed by atoms with van der Waals surface area (Å²) < 4.78 is 64.7. The zero-order chi connectivity index (χ0) is 69.5. The van der Waals surface area contributed by atoms with Gasteiger partial charge in [0.15, 0.2) is 19.7 Å². The number of hydrogen-bond donors (Lipinski definition) is 1. The van der Waals surface area contributed by atoms with Crippen molar-refractivity contribution in [2.24, 2.45) is 29.6 Å². The van der Waals surface area contributed by atoms with E-state index >= 15 is 0 Å². The van der Waals surface area contributed by atoms with Crippen LogP contribution < -0.4 is 24.3 Å². The summed E-state index contributed by atoms with van der Waals surface area (Å²) in [4.78, 5) is 34.6. The minimum atomic E-state index is -3.35. The first-order valence-corrected chi connectivity index (χ1v) is 42.2. The van der Waals surface area contributed by atoms with E-state index in [4.69, 9.17) is 49.0 Å². The Morgan fingerprint density at radius 2 is 1.07 bits per heavy atom. The zero-order valence-electron chi connectivity index (χ0n) is 59.3. The van der Waals surface area contributed by atoms with Crippen molar-refractivity contribution in [2.75, 3.05) is 170 Å². The summed E-state index contributed by atoms with van der Waals surface area (Å²) in [7, 11) is -4.86. The third-order valence-corrected chi connectivity index (χ3v) is 27.4. The smallest absolute Gasteiger partial charge is 0.410 e. The number of piperidine rings is 1. The Kier molecular flexibility index (Phi) is 25.1. The zero-order valence-corrected chi connectivity index (χ0v) is 63.2. The molecule has 0 aromatic heterocycles. The second-order valence-electron chi connectivity index (χ2n) is 30.1. The van der Waals surface area contributed by atoms with Crippen molar-refractivity contribution in [2.45, 2.75) is 157 Å². The normalized spacial score (nSPS) is 27.9. The number of phenolic OH excluding ortho intramolecular Hbond substituents is 1. The molecule has 4 saturated carbocycles. The Morgan fingerprint density at radius 1 is 0.535 bits per heavy atom. The van der Waals surface area contributed by atoms with E-state index in [9.17, 15) is 26.7 Å². The van der Waals surface area contributed by atoms with Crippen molar-refractivity contribution < 1.29 is 40.9 Å². The molecule has 4 bridgehead atoms. The SMILES string of the molecule is CCOC(=O)N1C2CCC1CC(N1CCN(c3ccc(Cl)cc3S(C)(=O)=O)CC1)C2.COc1ccc(Cl)cc1N1CCN(C2C3CCCC2CCC3)CC1.Cc1cc(Cl)c(N2CCN(C3CCOCC3)CC2)cc1S(C)(=O)=O.Oc1ccccc1N1CCN(CC2CCC3CCC32)CC1. The maximum absolute atomic E-state index is 12.3. The van der Waals surface area contributed by atoms with Gasteiger partial charge in [-0.2, -0.15) is 0 Å². The second kappa shape index (κ2) is 33.5. The van der Waals surface area contributed by atoms with Crippen LogP contribution in [0.2, 0.25) is 15.1 Å². The standard InChI is InChI=1S/C21H30ClN3O4S.C20H29ClN2O.C18H26N2O.C17H25ClN2O3S/c1-3-29-21(26)25-16-5-6-17(25)14-18(13-16)23-8-10-24(11-9-23)19-7-4-15(22)12-20(19)30(2,27)28;1-24-19-9-8-17(21)14-18(19)22-10-12-23(13-11-22)20-15-4-2-5-16(20)7-3-6-15;21-18-4-2-1-3-17(18)20-11-9-19(10-12-20)13-15-6-5-14-7-8-16(14)15;1-13-11-15(18)16(12-17(13)24(2,21)22)20-7-5-19(6-8-20)14-3-9-23-10-4-14/h4,7,12,16-18H,3,5-6,8-11,13-14H2,1-2H3;8-9,14-16,20H,2-7,10-13H2,1H3;1-4,14-16,21H,5-13H2;11-12,14H,3-10H2,1-2H3. The Morgan fingerprint density at radius 3 is 1.64 bits per heavy atom. The van der Waals surface area contributed by atoms with Gasteiger partial charge < -0.3 is 43.8 Å². The van der Waals surface area contributed by atoms with Crippen LogP contribution in [0.5, 0.6) is 11.5 Å². The third kappa shape index (κ3) is 18.0. The first-order chi connectivity index (χ1) is 47.7. The molecule has 11 aliphatic rings. The number of aromatic hydroxyl groups is 1. The molecule has 15 rings (SSSR count). The van der Waals surface area contributed by atoms with E-state index in [0.29, 0.717) is 49.8 Å². The molecular formula is C76H110Cl3N9O9S2. The van der Waals surface area contributed by atoms with Crippen LogP contribution in [0.1, 0.15) is 115 Å². The van der Waals surface area contributed by atoms with E-state index < -0.39 is 19.7 Å². The van der Waals surface area contributed by atoms with E-state index in [1.54, 1.807) is 44.4 Å². The lowest BCUT2D eigenvalue weighted by Gasteiger charge is -2.50. The molecule has 4 aromatic carbocycles. The fraction of sp³-hybridized carbons (Fsp3) is 0.671. The number of fused-ring (bicyclic) bond motifs is 5. The molecule has 7 aliphatic heterocycles. The number of amides is 1. The van der Waals surface area contributed by atoms with Crippen LogP contribution in [-0.4, -0.2) is 233 Å². The maximum Gasteiger partial charge on any atom is 0.410 e. The molecule has 99 heavy (non-hydrogen) atoms. The number of nitrogens with zero attached hydrogens (tertiary/aromatic N) is 9. The largest absolute Gasteiger partial charge is 0.506 e. The van der Waals surface area contributed by atoms with Gasteiger partial charge in [-0.25, -0.2) is 21.6 Å². The molecule has 18 nitrogen and oxygen atoms in total. The van der Waals surface area contributed by atoms with Gasteiger partial charge in [-0.1, -0.05) is 59.8 Å². The van der Waals surface area contributed by atoms with Gasteiger partial charge in [0.1, 0.15) is 11.5 Å². The van der Waals surface area contributed by atoms with Gasteiger partial charge in [0.25, 0.3) is 0 Å². The van der Waals surface area contributed by atoms with E-state index in [-0.39, 0.29) is 18.2 Å². The predicted octanol–water partition coefficient (Wildman–Crippen LogP) is 12.8. The second-order valence-corrected chi connectivity index (χ2v) is 35.3. The van der Waals surface area contributed by atoms with E-state index in [1.165, 1.54) is 96.4 Å². The first-order valence-electron chi connectivity index (χ1n) is 37.3. The summed E-state index contributed by atoms with van der Waals surface area (Å²) in [5.41, 5.74) is 4.41. The van der Waals surface area contributed by atoms with Gasteiger partial charge in [0.2, 0.25) is 0 Å². The number of hydrogen-bond acceptors (Lipinski definition) is 17. The van der Waals surface area contributed by atoms with Crippen molar-refractivity contribution >= 4 is 83.3 Å². The van der Waals surface area contributed by atoms with Gasteiger partial charge in [-0.15, -0.1) is 0 Å². The summed E-state index contributed by atoms with van der Waals surface area (Å²) in [5.74, 6) is 6.38. The number of ether oxygens (including phenoxy) is 3. The Bertz CT molecular complexity index is 3540. The van der Waals surface area contributed by atoms with Crippen molar-refractivity contribution in [3.63, 3.8) is 0 Å². The molecule has 1 N–H and O–H groups in total. The molecule has 5 atom stereocenters. The van der Waals surface area contributed by atoms with Gasteiger partial charge in [0, 0.05) is 177 Å². The Hall–Kier alpha value is -4.48. The highest BCUT2D eigenvalue weighted by atomic mass is 35.5. The lowest BCUT2D eigenvalue weighted by molar-refractivity contribution is 0.0181. The van der Waals surface area contributed by atoms with Crippen molar-refractivity contribution in [3.8, 4) is 11.5 Å². The number of aryl methyl sites for hydroxylation is 1. The van der Waals surface area contributed by atoms with Crippen LogP contribution in [0.25, 0.3) is 0 Å². The minimum absolute atomic E-state index is 0.163. The van der Waals surface area contributed by atoms with Crippen molar-refractivity contribution in [1.29, 1.82) is 0 Å². The summed E-state index contributed by atoms with van der Waals surface area (Å²) in [6.45, 7) is 22.9. The fourth-order valence-electron chi connectivity index (χ4n) is 19.1. The van der Waals surface area contributed by atoms with Gasteiger partial charge in [0.05, 0.1) is 51.3 Å². The number of rotatable bonds is 13. The maximum atomic E-state index is 12.3. The molecule has 4 aromatic rings. The summed E-state index contributed by atoms with van der Waals surface area (Å²) in [6.07, 6.45) is 23.3. The molecule has 11 fully saturated rings. The highest BCUT2D eigenvalue weighted by molar-refractivity contribution is 7.91. The van der Waals surface area contributed by atoms with E-state index in [0.717, 1.165) is 213 Å². The molecule has 0 radical (unpaired) electrons. The topological polar surface area (TPSA) is 162 Å². The number of carbonyl (C=O) groups is 1. The predicted molar refractivity (Wildman–Crippen MR) is 400 cm³/mol. The molecule has 0 spiro atoms. The average molecular weight is 1460 g/mol. The molecular weight excluding hydrogens is 1350 g/mol.